The Kier molecular flexibility index (Phi) is 4.36. The number of nitrogens with zero attached hydrogens (tertiary/aromatic N) is 2. The molecule has 16 heavy (non-hydrogen) atoms. The Labute approximate surface area is 97.4 Å². The maximum absolute atomic E-state index is 4.09. The molecule has 0 radical (unpaired) electrons. The van der Waals surface area contributed by atoms with Crippen LogP contribution in [-0.2, 0) is 6.54 Å². The molecule has 0 saturated carbocycles. The summed E-state index contributed by atoms with van der Waals surface area (Å²) in [5.41, 5.74) is 1.23. The van der Waals surface area contributed by atoms with Crippen LogP contribution in [0.5, 0.6) is 0 Å². The molecule has 4 nitrogen and oxygen atoms in total. The van der Waals surface area contributed by atoms with Gasteiger partial charge < -0.3 is 10.3 Å². The number of aromatic nitrogens is 2. The normalized spacial score (nSPS) is 18.1. The highest BCUT2D eigenvalue weighted by Gasteiger charge is 2.20. The van der Waals surface area contributed by atoms with Crippen LogP contribution in [0.15, 0.2) is 12.5 Å². The number of nitrogens with one attached hydrogen (secondary N) is 2. The van der Waals surface area contributed by atoms with Gasteiger partial charge >= 0.3 is 0 Å². The molecule has 1 aliphatic rings. The summed E-state index contributed by atoms with van der Waals surface area (Å²) in [5.74, 6) is 0. The smallest absolute Gasteiger partial charge is 0.0922 e. The van der Waals surface area contributed by atoms with Gasteiger partial charge in [0.15, 0.2) is 0 Å². The molecular formula is C12H22N4. The average molecular weight is 222 g/mol. The third-order valence-electron chi connectivity index (χ3n) is 3.26. The molecule has 1 aromatic heterocycles. The van der Waals surface area contributed by atoms with Gasteiger partial charge in [0.1, 0.15) is 0 Å². The fourth-order valence-electron chi connectivity index (χ4n) is 2.44. The molecule has 0 unspecified atom stereocenters. The number of piperidine rings is 1. The van der Waals surface area contributed by atoms with Crippen molar-refractivity contribution in [1.29, 1.82) is 0 Å². The zero-order valence-corrected chi connectivity index (χ0v) is 10.1. The van der Waals surface area contributed by atoms with Gasteiger partial charge in [0, 0.05) is 24.5 Å². The fourth-order valence-corrected chi connectivity index (χ4v) is 2.44. The van der Waals surface area contributed by atoms with Crippen molar-refractivity contribution in [2.45, 2.75) is 38.8 Å². The second kappa shape index (κ2) is 6.01. The molecule has 0 aromatic carbocycles. The monoisotopic (exact) mass is 222 g/mol. The van der Waals surface area contributed by atoms with Crippen LogP contribution in [-0.4, -0.2) is 40.5 Å². The molecule has 0 spiro atoms. The zero-order chi connectivity index (χ0) is 11.2. The van der Waals surface area contributed by atoms with Gasteiger partial charge in [0.05, 0.1) is 6.33 Å². The number of imidazole rings is 1. The molecule has 2 N–H and O–H groups in total. The van der Waals surface area contributed by atoms with Crippen LogP contribution in [0.2, 0.25) is 0 Å². The predicted octanol–water partition coefficient (Wildman–Crippen LogP) is 1.37. The second-order valence-corrected chi connectivity index (χ2v) is 4.53. The summed E-state index contributed by atoms with van der Waals surface area (Å²) in [5, 5.41) is 3.42. The number of hydrogen-bond donors (Lipinski definition) is 2. The SMILES string of the molecule is CCCN(Cc1cnc[nH]1)C1CCNCC1. The number of hydrogen-bond acceptors (Lipinski definition) is 3. The summed E-state index contributed by atoms with van der Waals surface area (Å²) < 4.78 is 0. The van der Waals surface area contributed by atoms with Crippen molar-refractivity contribution in [2.75, 3.05) is 19.6 Å². The standard InChI is InChI=1S/C12H22N4/c1-2-7-16(9-11-8-14-10-15-11)12-3-5-13-6-4-12/h8,10,12-13H,2-7,9H2,1H3,(H,14,15). The van der Waals surface area contributed by atoms with Crippen LogP contribution >= 0.6 is 0 Å². The van der Waals surface area contributed by atoms with E-state index in [0.29, 0.717) is 0 Å². The number of aromatic amines is 1. The molecule has 2 heterocycles. The van der Waals surface area contributed by atoms with Gasteiger partial charge in [-0.05, 0) is 38.9 Å². The lowest BCUT2D eigenvalue weighted by atomic mass is 10.0. The van der Waals surface area contributed by atoms with E-state index in [4.69, 9.17) is 0 Å². The lowest BCUT2D eigenvalue weighted by molar-refractivity contribution is 0.152. The summed E-state index contributed by atoms with van der Waals surface area (Å²) in [6.45, 7) is 6.77. The van der Waals surface area contributed by atoms with Gasteiger partial charge in [-0.1, -0.05) is 6.92 Å². The van der Waals surface area contributed by atoms with Crippen LogP contribution in [0.4, 0.5) is 0 Å². The minimum Gasteiger partial charge on any atom is -0.347 e. The van der Waals surface area contributed by atoms with Gasteiger partial charge in [-0.2, -0.15) is 0 Å². The first kappa shape index (κ1) is 11.6. The van der Waals surface area contributed by atoms with Crippen molar-refractivity contribution in [2.24, 2.45) is 0 Å². The van der Waals surface area contributed by atoms with Crippen LogP contribution in [0.3, 0.4) is 0 Å². The van der Waals surface area contributed by atoms with Gasteiger partial charge in [-0.15, -0.1) is 0 Å². The van der Waals surface area contributed by atoms with Crippen LogP contribution in [0.25, 0.3) is 0 Å². The zero-order valence-electron chi connectivity index (χ0n) is 10.1. The number of rotatable bonds is 5. The largest absolute Gasteiger partial charge is 0.347 e. The summed E-state index contributed by atoms with van der Waals surface area (Å²) in [4.78, 5) is 9.87. The van der Waals surface area contributed by atoms with E-state index in [1.54, 1.807) is 6.33 Å². The molecule has 1 aliphatic heterocycles. The fraction of sp³-hybridized carbons (Fsp3) is 0.750. The molecule has 1 saturated heterocycles. The van der Waals surface area contributed by atoms with Gasteiger partial charge in [0.2, 0.25) is 0 Å². The van der Waals surface area contributed by atoms with E-state index in [0.717, 1.165) is 25.7 Å². The van der Waals surface area contributed by atoms with E-state index >= 15 is 0 Å². The van der Waals surface area contributed by atoms with Crippen LogP contribution in [0, 0.1) is 0 Å². The van der Waals surface area contributed by atoms with Crippen molar-refractivity contribution < 1.29 is 0 Å². The molecule has 0 atom stereocenters. The highest BCUT2D eigenvalue weighted by Crippen LogP contribution is 2.14. The van der Waals surface area contributed by atoms with Crippen LogP contribution < -0.4 is 5.32 Å². The van der Waals surface area contributed by atoms with Crippen molar-refractivity contribution in [3.05, 3.63) is 18.2 Å². The van der Waals surface area contributed by atoms with Gasteiger partial charge in [-0.25, -0.2) is 4.98 Å². The lowest BCUT2D eigenvalue weighted by Crippen LogP contribution is -2.43. The minimum atomic E-state index is 0.740. The minimum absolute atomic E-state index is 0.740. The summed E-state index contributed by atoms with van der Waals surface area (Å²) >= 11 is 0. The molecule has 4 heteroatoms. The second-order valence-electron chi connectivity index (χ2n) is 4.53. The third-order valence-corrected chi connectivity index (χ3v) is 3.26. The van der Waals surface area contributed by atoms with Gasteiger partial charge in [0.25, 0.3) is 0 Å². The van der Waals surface area contributed by atoms with E-state index in [2.05, 4.69) is 27.1 Å². The quantitative estimate of drug-likeness (QED) is 0.791. The molecule has 90 valence electrons. The average Bonchev–Trinajstić information content (AvgIpc) is 2.83. The Hall–Kier alpha value is -0.870. The Morgan fingerprint density at radius 2 is 2.25 bits per heavy atom. The molecular weight excluding hydrogens is 200 g/mol. The molecule has 1 aromatic rings. The van der Waals surface area contributed by atoms with Crippen molar-refractivity contribution >= 4 is 0 Å². The maximum atomic E-state index is 4.09. The van der Waals surface area contributed by atoms with E-state index in [-0.39, 0.29) is 0 Å². The Morgan fingerprint density at radius 3 is 2.88 bits per heavy atom. The Balaban J connectivity index is 1.92. The topological polar surface area (TPSA) is 44.0 Å². The van der Waals surface area contributed by atoms with E-state index in [9.17, 15) is 0 Å². The van der Waals surface area contributed by atoms with E-state index < -0.39 is 0 Å². The molecule has 0 amide bonds. The highest BCUT2D eigenvalue weighted by molar-refractivity contribution is 4.95. The molecule has 0 bridgehead atoms. The van der Waals surface area contributed by atoms with Crippen molar-refractivity contribution in [3.8, 4) is 0 Å². The van der Waals surface area contributed by atoms with Gasteiger partial charge in [-0.3, -0.25) is 4.90 Å². The van der Waals surface area contributed by atoms with Crippen molar-refractivity contribution in [3.63, 3.8) is 0 Å². The summed E-state index contributed by atoms with van der Waals surface area (Å²) in [6, 6.07) is 0.740. The molecule has 0 aliphatic carbocycles. The third kappa shape index (κ3) is 3.06. The Morgan fingerprint density at radius 1 is 1.44 bits per heavy atom. The van der Waals surface area contributed by atoms with E-state index in [1.165, 1.54) is 31.5 Å². The van der Waals surface area contributed by atoms with E-state index in [1.807, 2.05) is 6.20 Å². The highest BCUT2D eigenvalue weighted by atomic mass is 15.2. The van der Waals surface area contributed by atoms with Crippen molar-refractivity contribution in [1.82, 2.24) is 20.2 Å². The predicted molar refractivity (Wildman–Crippen MR) is 65.2 cm³/mol. The molecule has 2 rings (SSSR count). The first-order chi connectivity index (χ1) is 7.90. The summed E-state index contributed by atoms with van der Waals surface area (Å²) in [6.07, 6.45) is 7.46. The maximum Gasteiger partial charge on any atom is 0.0922 e. The van der Waals surface area contributed by atoms with Crippen LogP contribution in [0.1, 0.15) is 31.9 Å². The first-order valence-corrected chi connectivity index (χ1v) is 6.32. The number of H-pyrrole nitrogens is 1. The molecule has 1 fully saturated rings. The lowest BCUT2D eigenvalue weighted by Gasteiger charge is -2.34. The Bertz CT molecular complexity index is 277. The first-order valence-electron chi connectivity index (χ1n) is 6.32. The summed E-state index contributed by atoms with van der Waals surface area (Å²) in [7, 11) is 0.